The predicted octanol–water partition coefficient (Wildman–Crippen LogP) is 3.75. The zero-order valence-electron chi connectivity index (χ0n) is 19.8. The average Bonchev–Trinajstić information content (AvgIpc) is 3.18. The summed E-state index contributed by atoms with van der Waals surface area (Å²) in [5, 5.41) is 5.63. The molecule has 3 aromatic rings. The van der Waals surface area contributed by atoms with Crippen LogP contribution in [0.1, 0.15) is 25.1 Å². The van der Waals surface area contributed by atoms with Gasteiger partial charge in [0.2, 0.25) is 5.95 Å². The Morgan fingerprint density at radius 1 is 0.861 bits per heavy atom. The molecule has 3 aliphatic heterocycles. The van der Waals surface area contributed by atoms with Gasteiger partial charge >= 0.3 is 6.03 Å². The SMILES string of the molecule is O=C(Nc1ccncc1)Nc1ccc(-c2nc(C3=CCOCC3)nc(N3C4CCC3COC4)n2)cc1. The lowest BCUT2D eigenvalue weighted by Crippen LogP contribution is -2.47. The van der Waals surface area contributed by atoms with Crippen molar-refractivity contribution in [3.63, 3.8) is 0 Å². The van der Waals surface area contributed by atoms with Gasteiger partial charge in [-0.2, -0.15) is 9.97 Å². The summed E-state index contributed by atoms with van der Waals surface area (Å²) in [5.41, 5.74) is 3.27. The summed E-state index contributed by atoms with van der Waals surface area (Å²) in [4.78, 5) is 33.2. The fourth-order valence-electron chi connectivity index (χ4n) is 4.87. The van der Waals surface area contributed by atoms with Gasteiger partial charge in [-0.05, 0) is 61.2 Å². The fourth-order valence-corrected chi connectivity index (χ4v) is 4.87. The molecule has 2 saturated heterocycles. The molecule has 10 nitrogen and oxygen atoms in total. The third-order valence-corrected chi connectivity index (χ3v) is 6.68. The first-order chi connectivity index (χ1) is 17.7. The predicted molar refractivity (Wildman–Crippen MR) is 136 cm³/mol. The number of hydrogen-bond acceptors (Lipinski definition) is 8. The van der Waals surface area contributed by atoms with Crippen LogP contribution in [0.25, 0.3) is 17.0 Å². The van der Waals surface area contributed by atoms with Gasteiger partial charge in [-0.1, -0.05) is 6.08 Å². The van der Waals surface area contributed by atoms with Crippen molar-refractivity contribution in [3.05, 3.63) is 60.7 Å². The summed E-state index contributed by atoms with van der Waals surface area (Å²) in [6.07, 6.45) is 8.24. The molecule has 2 bridgehead atoms. The highest BCUT2D eigenvalue weighted by Gasteiger charge is 2.39. The average molecular weight is 486 g/mol. The molecule has 10 heteroatoms. The minimum Gasteiger partial charge on any atom is -0.377 e. The Balaban J connectivity index is 1.27. The van der Waals surface area contributed by atoms with E-state index in [2.05, 4.69) is 26.6 Å². The number of fused-ring (bicyclic) bond motifs is 2. The van der Waals surface area contributed by atoms with E-state index in [4.69, 9.17) is 24.4 Å². The van der Waals surface area contributed by atoms with Crippen molar-refractivity contribution in [2.24, 2.45) is 0 Å². The molecule has 0 radical (unpaired) electrons. The first kappa shape index (κ1) is 22.6. The minimum atomic E-state index is -0.326. The van der Waals surface area contributed by atoms with Crippen LogP contribution in [-0.2, 0) is 9.47 Å². The first-order valence-electron chi connectivity index (χ1n) is 12.2. The van der Waals surface area contributed by atoms with E-state index in [1.54, 1.807) is 24.5 Å². The van der Waals surface area contributed by atoms with E-state index in [1.165, 1.54) is 0 Å². The van der Waals surface area contributed by atoms with E-state index < -0.39 is 0 Å². The molecular formula is C26H27N7O3. The van der Waals surface area contributed by atoms with E-state index in [9.17, 15) is 4.79 Å². The highest BCUT2D eigenvalue weighted by molar-refractivity contribution is 5.99. The van der Waals surface area contributed by atoms with Crippen molar-refractivity contribution in [2.75, 3.05) is 42.0 Å². The van der Waals surface area contributed by atoms with Gasteiger partial charge in [-0.25, -0.2) is 9.78 Å². The summed E-state index contributed by atoms with van der Waals surface area (Å²) in [5.74, 6) is 2.02. The molecule has 3 aliphatic rings. The largest absolute Gasteiger partial charge is 0.377 e. The zero-order valence-corrected chi connectivity index (χ0v) is 19.8. The summed E-state index contributed by atoms with van der Waals surface area (Å²) in [6.45, 7) is 2.62. The van der Waals surface area contributed by atoms with Crippen molar-refractivity contribution in [2.45, 2.75) is 31.3 Å². The number of nitrogens with zero attached hydrogens (tertiary/aromatic N) is 5. The molecule has 0 aliphatic carbocycles. The van der Waals surface area contributed by atoms with Crippen LogP contribution in [0.4, 0.5) is 22.1 Å². The van der Waals surface area contributed by atoms with Crippen LogP contribution in [0.3, 0.4) is 0 Å². The second kappa shape index (κ2) is 10.00. The number of benzene rings is 1. The summed E-state index contributed by atoms with van der Waals surface area (Å²) < 4.78 is 11.3. The third kappa shape index (κ3) is 4.77. The van der Waals surface area contributed by atoms with Gasteiger partial charge in [0.1, 0.15) is 0 Å². The molecule has 5 heterocycles. The number of anilines is 3. The highest BCUT2D eigenvalue weighted by Crippen LogP contribution is 2.34. The Morgan fingerprint density at radius 2 is 1.56 bits per heavy atom. The number of ether oxygens (including phenoxy) is 2. The van der Waals surface area contributed by atoms with Gasteiger partial charge in [-0.15, -0.1) is 0 Å². The van der Waals surface area contributed by atoms with Crippen molar-refractivity contribution in [3.8, 4) is 11.4 Å². The summed E-state index contributed by atoms with van der Waals surface area (Å²) in [6, 6.07) is 11.2. The second-order valence-corrected chi connectivity index (χ2v) is 9.06. The Morgan fingerprint density at radius 3 is 2.25 bits per heavy atom. The molecule has 2 unspecified atom stereocenters. The lowest BCUT2D eigenvalue weighted by Gasteiger charge is -2.34. The fraction of sp³-hybridized carbons (Fsp3) is 0.346. The number of rotatable bonds is 5. The standard InChI is InChI=1S/C26H27N7O3/c34-26(29-20-7-11-27-12-8-20)28-19-3-1-17(2-4-19)23-30-24(18-9-13-35-14-10-18)32-25(31-23)33-21-5-6-22(33)16-36-15-21/h1-4,7-9,11-12,21-22H,5-6,10,13-16H2,(H2,27,28,29,34). The van der Waals surface area contributed by atoms with E-state index >= 15 is 0 Å². The van der Waals surface area contributed by atoms with Crippen LogP contribution in [0, 0.1) is 0 Å². The van der Waals surface area contributed by atoms with E-state index in [1.807, 2.05) is 24.3 Å². The number of urea groups is 1. The van der Waals surface area contributed by atoms with Crippen molar-refractivity contribution < 1.29 is 14.3 Å². The highest BCUT2D eigenvalue weighted by atomic mass is 16.5. The number of pyridine rings is 1. The maximum atomic E-state index is 12.3. The molecule has 1 aromatic carbocycles. The van der Waals surface area contributed by atoms with Crippen LogP contribution < -0.4 is 15.5 Å². The Bertz CT molecular complexity index is 1250. The van der Waals surface area contributed by atoms with Crippen molar-refractivity contribution in [1.82, 2.24) is 19.9 Å². The molecule has 2 N–H and O–H groups in total. The number of carbonyl (C=O) groups excluding carboxylic acids is 1. The van der Waals surface area contributed by atoms with Gasteiger partial charge in [0.25, 0.3) is 0 Å². The van der Waals surface area contributed by atoms with Gasteiger partial charge < -0.3 is 25.0 Å². The minimum absolute atomic E-state index is 0.293. The van der Waals surface area contributed by atoms with E-state index in [-0.39, 0.29) is 6.03 Å². The summed E-state index contributed by atoms with van der Waals surface area (Å²) >= 11 is 0. The topological polar surface area (TPSA) is 114 Å². The number of aromatic nitrogens is 4. The van der Waals surface area contributed by atoms with Crippen LogP contribution in [0.2, 0.25) is 0 Å². The monoisotopic (exact) mass is 485 g/mol. The molecule has 2 aromatic heterocycles. The van der Waals surface area contributed by atoms with E-state index in [0.29, 0.717) is 67.5 Å². The Kier molecular flexibility index (Phi) is 6.27. The van der Waals surface area contributed by atoms with Gasteiger partial charge in [0.05, 0.1) is 38.5 Å². The quantitative estimate of drug-likeness (QED) is 0.562. The molecule has 2 fully saturated rings. The first-order valence-corrected chi connectivity index (χ1v) is 12.2. The molecular weight excluding hydrogens is 458 g/mol. The molecule has 184 valence electrons. The Labute approximate surface area is 208 Å². The van der Waals surface area contributed by atoms with Crippen LogP contribution in [0.5, 0.6) is 0 Å². The lowest BCUT2D eigenvalue weighted by atomic mass is 10.1. The van der Waals surface area contributed by atoms with Crippen molar-refractivity contribution in [1.29, 1.82) is 0 Å². The number of morpholine rings is 1. The molecule has 2 amide bonds. The maximum Gasteiger partial charge on any atom is 0.323 e. The third-order valence-electron chi connectivity index (χ3n) is 6.68. The second-order valence-electron chi connectivity index (χ2n) is 9.06. The number of nitrogens with one attached hydrogen (secondary N) is 2. The van der Waals surface area contributed by atoms with Crippen LogP contribution in [0.15, 0.2) is 54.9 Å². The molecule has 0 spiro atoms. The molecule has 0 saturated carbocycles. The lowest BCUT2D eigenvalue weighted by molar-refractivity contribution is 0.0897. The zero-order chi connectivity index (χ0) is 24.3. The van der Waals surface area contributed by atoms with Crippen LogP contribution >= 0.6 is 0 Å². The molecule has 6 rings (SSSR count). The number of hydrogen-bond donors (Lipinski definition) is 2. The van der Waals surface area contributed by atoms with Crippen molar-refractivity contribution >= 4 is 28.9 Å². The number of carbonyl (C=O) groups is 1. The van der Waals surface area contributed by atoms with Gasteiger partial charge in [0.15, 0.2) is 11.6 Å². The van der Waals surface area contributed by atoms with Gasteiger partial charge in [0, 0.05) is 29.3 Å². The normalized spacial score (nSPS) is 21.1. The smallest absolute Gasteiger partial charge is 0.323 e. The Hall–Kier alpha value is -3.89. The van der Waals surface area contributed by atoms with Gasteiger partial charge in [-0.3, -0.25) is 4.98 Å². The van der Waals surface area contributed by atoms with Crippen LogP contribution in [-0.4, -0.2) is 64.5 Å². The van der Waals surface area contributed by atoms with E-state index in [0.717, 1.165) is 30.4 Å². The summed E-state index contributed by atoms with van der Waals surface area (Å²) in [7, 11) is 0. The molecule has 2 atom stereocenters. The number of amides is 2. The molecule has 36 heavy (non-hydrogen) atoms. The maximum absolute atomic E-state index is 12.3.